The molecule has 0 amide bonds. The molecular weight excluding hydrogens is 436 g/mol. The van der Waals surface area contributed by atoms with Gasteiger partial charge in [-0.2, -0.15) is 0 Å². The van der Waals surface area contributed by atoms with Crippen LogP contribution in [-0.4, -0.2) is 30.0 Å². The summed E-state index contributed by atoms with van der Waals surface area (Å²) in [4.78, 5) is 0. The van der Waals surface area contributed by atoms with Crippen molar-refractivity contribution in [1.29, 1.82) is 0 Å². The predicted octanol–water partition coefficient (Wildman–Crippen LogP) is 6.12. The van der Waals surface area contributed by atoms with Gasteiger partial charge in [0.25, 0.3) is 0 Å². The smallest absolute Gasteiger partial charge is 0.160 e. The van der Waals surface area contributed by atoms with E-state index in [0.29, 0.717) is 19.8 Å². The molecule has 174 valence electrons. The van der Waals surface area contributed by atoms with E-state index in [2.05, 4.69) is 31.2 Å². The second kappa shape index (κ2) is 12.3. The van der Waals surface area contributed by atoms with Gasteiger partial charge in [-0.15, -0.1) is 0 Å². The number of alkyl halides is 1. The van der Waals surface area contributed by atoms with Crippen molar-refractivity contribution in [3.63, 3.8) is 0 Å². The predicted molar refractivity (Wildman–Crippen MR) is 130 cm³/mol. The Balaban J connectivity index is 1.53. The molecule has 1 aliphatic heterocycles. The Hall–Kier alpha value is -2.21. The summed E-state index contributed by atoms with van der Waals surface area (Å²) >= 11 is 6.70. The molecule has 1 saturated heterocycles. The maximum atomic E-state index is 6.70. The minimum absolute atomic E-state index is 0.187. The minimum atomic E-state index is -0.629. The van der Waals surface area contributed by atoms with Gasteiger partial charge in [-0.05, 0) is 23.1 Å². The third-order valence-electron chi connectivity index (χ3n) is 5.84. The molecule has 1 heterocycles. The first-order chi connectivity index (χ1) is 16.2. The minimum Gasteiger partial charge on any atom is -0.368 e. The zero-order valence-corrected chi connectivity index (χ0v) is 19.6. The van der Waals surface area contributed by atoms with Gasteiger partial charge in [0.1, 0.15) is 18.3 Å². The molecular formula is C28H31ClO4. The Labute approximate surface area is 201 Å². The number of ether oxygens (including phenoxy) is 4. The van der Waals surface area contributed by atoms with Crippen molar-refractivity contribution >= 4 is 11.6 Å². The molecule has 0 spiro atoms. The van der Waals surface area contributed by atoms with E-state index in [9.17, 15) is 0 Å². The Bertz CT molecular complexity index is 938. The summed E-state index contributed by atoms with van der Waals surface area (Å²) in [7, 11) is 0. The summed E-state index contributed by atoms with van der Waals surface area (Å²) < 4.78 is 25.3. The van der Waals surface area contributed by atoms with Crippen LogP contribution >= 0.6 is 11.6 Å². The van der Waals surface area contributed by atoms with Gasteiger partial charge >= 0.3 is 0 Å². The Morgan fingerprint density at radius 1 is 0.606 bits per heavy atom. The number of hydrogen-bond donors (Lipinski definition) is 0. The molecule has 0 saturated carbocycles. The second-order valence-electron chi connectivity index (χ2n) is 8.22. The third-order valence-corrected chi connectivity index (χ3v) is 6.19. The van der Waals surface area contributed by atoms with Crippen molar-refractivity contribution < 1.29 is 18.9 Å². The molecule has 33 heavy (non-hydrogen) atoms. The Morgan fingerprint density at radius 3 is 1.42 bits per heavy atom. The van der Waals surface area contributed by atoms with Gasteiger partial charge in [0.15, 0.2) is 5.56 Å². The van der Waals surface area contributed by atoms with Crippen LogP contribution in [0.4, 0.5) is 0 Å². The molecule has 4 nitrogen and oxygen atoms in total. The van der Waals surface area contributed by atoms with Crippen molar-refractivity contribution in [2.24, 2.45) is 0 Å². The van der Waals surface area contributed by atoms with Gasteiger partial charge in [-0.25, -0.2) is 0 Å². The fourth-order valence-corrected chi connectivity index (χ4v) is 4.41. The maximum Gasteiger partial charge on any atom is 0.160 e. The van der Waals surface area contributed by atoms with Crippen LogP contribution in [0.2, 0.25) is 0 Å². The van der Waals surface area contributed by atoms with Crippen LogP contribution in [0, 0.1) is 0 Å². The maximum absolute atomic E-state index is 6.70. The number of halogens is 1. The van der Waals surface area contributed by atoms with Gasteiger partial charge < -0.3 is 18.9 Å². The monoisotopic (exact) mass is 466 g/mol. The first-order valence-corrected chi connectivity index (χ1v) is 11.9. The highest BCUT2D eigenvalue weighted by Crippen LogP contribution is 2.33. The van der Waals surface area contributed by atoms with Gasteiger partial charge in [-0.1, -0.05) is 110 Å². The zero-order valence-electron chi connectivity index (χ0n) is 18.9. The molecule has 0 unspecified atom stereocenters. The average molecular weight is 467 g/mol. The van der Waals surface area contributed by atoms with Crippen LogP contribution in [0.1, 0.15) is 30.0 Å². The highest BCUT2D eigenvalue weighted by molar-refractivity contribution is 6.20. The molecule has 1 fully saturated rings. The van der Waals surface area contributed by atoms with Gasteiger partial charge in [0, 0.05) is 0 Å². The summed E-state index contributed by atoms with van der Waals surface area (Å²) in [6.45, 7) is 3.41. The normalized spacial score (nSPS) is 25.1. The SMILES string of the molecule is CC[C@H]1O[C@H](Cl)[C@H](OCc2ccccc2)[C@@H](OCc2ccccc2)[C@@H]1OCc1ccccc1. The molecule has 1 aliphatic rings. The van der Waals surface area contributed by atoms with Crippen molar-refractivity contribution in [1.82, 2.24) is 0 Å². The van der Waals surface area contributed by atoms with Gasteiger partial charge in [-0.3, -0.25) is 0 Å². The standard InChI is InChI=1S/C28H31ClO4/c1-2-24-25(30-18-21-12-6-3-7-13-21)26(31-19-22-14-8-4-9-15-22)27(28(29)33-24)32-20-23-16-10-5-11-17-23/h3-17,24-28H,2,18-20H2,1H3/t24-,25-,26+,27-,28+/m1/s1. The fourth-order valence-electron chi connectivity index (χ4n) is 4.06. The molecule has 4 rings (SSSR count). The fraction of sp³-hybridized carbons (Fsp3) is 0.357. The Morgan fingerprint density at radius 2 is 1.00 bits per heavy atom. The van der Waals surface area contributed by atoms with E-state index in [1.165, 1.54) is 0 Å². The molecule has 0 radical (unpaired) electrons. The van der Waals surface area contributed by atoms with Crippen LogP contribution in [0.15, 0.2) is 91.0 Å². The van der Waals surface area contributed by atoms with E-state index in [0.717, 1.165) is 23.1 Å². The zero-order chi connectivity index (χ0) is 22.9. The van der Waals surface area contributed by atoms with Crippen LogP contribution in [0.3, 0.4) is 0 Å². The van der Waals surface area contributed by atoms with Crippen LogP contribution in [-0.2, 0) is 38.8 Å². The summed E-state index contributed by atoms with van der Waals surface area (Å²) in [5, 5.41) is 0. The highest BCUT2D eigenvalue weighted by atomic mass is 35.5. The van der Waals surface area contributed by atoms with E-state index in [1.807, 2.05) is 66.7 Å². The molecule has 5 heteroatoms. The first-order valence-electron chi connectivity index (χ1n) is 11.5. The molecule has 0 aromatic heterocycles. The molecule has 5 atom stereocenters. The lowest BCUT2D eigenvalue weighted by atomic mass is 9.97. The van der Waals surface area contributed by atoms with Crippen molar-refractivity contribution in [3.05, 3.63) is 108 Å². The van der Waals surface area contributed by atoms with E-state index in [1.54, 1.807) is 0 Å². The van der Waals surface area contributed by atoms with Crippen LogP contribution in [0.25, 0.3) is 0 Å². The lowest BCUT2D eigenvalue weighted by molar-refractivity contribution is -0.248. The molecule has 3 aromatic carbocycles. The van der Waals surface area contributed by atoms with Crippen molar-refractivity contribution in [3.8, 4) is 0 Å². The largest absolute Gasteiger partial charge is 0.368 e. The average Bonchev–Trinajstić information content (AvgIpc) is 2.87. The lowest BCUT2D eigenvalue weighted by Gasteiger charge is -2.44. The van der Waals surface area contributed by atoms with E-state index in [-0.39, 0.29) is 18.3 Å². The number of rotatable bonds is 10. The Kier molecular flexibility index (Phi) is 8.93. The van der Waals surface area contributed by atoms with Crippen molar-refractivity contribution in [2.45, 2.75) is 63.1 Å². The highest BCUT2D eigenvalue weighted by Gasteiger charge is 2.47. The summed E-state index contributed by atoms with van der Waals surface area (Å²) in [6, 6.07) is 30.3. The second-order valence-corrected chi connectivity index (χ2v) is 8.65. The van der Waals surface area contributed by atoms with E-state index < -0.39 is 11.7 Å². The summed E-state index contributed by atoms with van der Waals surface area (Å²) in [5.41, 5.74) is 2.63. The molecule has 0 aliphatic carbocycles. The topological polar surface area (TPSA) is 36.9 Å². The van der Waals surface area contributed by atoms with E-state index in [4.69, 9.17) is 30.5 Å². The van der Waals surface area contributed by atoms with Gasteiger partial charge in [0.05, 0.1) is 25.9 Å². The third kappa shape index (κ3) is 6.66. The molecule has 3 aromatic rings. The van der Waals surface area contributed by atoms with E-state index >= 15 is 0 Å². The van der Waals surface area contributed by atoms with Gasteiger partial charge in [0.2, 0.25) is 0 Å². The number of benzene rings is 3. The molecule has 0 N–H and O–H groups in total. The lowest BCUT2D eigenvalue weighted by Crippen LogP contribution is -2.58. The number of hydrogen-bond acceptors (Lipinski definition) is 4. The summed E-state index contributed by atoms with van der Waals surface area (Å²) in [6.07, 6.45) is -0.583. The molecule has 0 bridgehead atoms. The van der Waals surface area contributed by atoms with Crippen LogP contribution < -0.4 is 0 Å². The van der Waals surface area contributed by atoms with Crippen LogP contribution in [0.5, 0.6) is 0 Å². The summed E-state index contributed by atoms with van der Waals surface area (Å²) in [5.74, 6) is 0. The quantitative estimate of drug-likeness (QED) is 0.337. The van der Waals surface area contributed by atoms with Crippen molar-refractivity contribution in [2.75, 3.05) is 0 Å². The first kappa shape index (κ1) is 23.9.